The standard InChI is InChI=1S/C14H13N3O4/c1-2-8-17-13(20)10(12(19)16-14(17)21)11(18)15-9-6-4-3-5-7-9/h2-7,20H,1,8H2,(H,15,18)(H,16,19,21). The molecule has 7 nitrogen and oxygen atoms in total. The summed E-state index contributed by atoms with van der Waals surface area (Å²) in [5.41, 5.74) is -1.83. The minimum atomic E-state index is -0.953. The minimum absolute atomic E-state index is 0.0347. The van der Waals surface area contributed by atoms with E-state index in [1.807, 2.05) is 4.98 Å². The highest BCUT2D eigenvalue weighted by atomic mass is 16.3. The number of carbonyl (C=O) groups excluding carboxylic acids is 1. The van der Waals surface area contributed by atoms with Crippen LogP contribution in [0.4, 0.5) is 5.69 Å². The summed E-state index contributed by atoms with van der Waals surface area (Å²) < 4.78 is 0.842. The van der Waals surface area contributed by atoms with Crippen LogP contribution in [0.1, 0.15) is 10.4 Å². The van der Waals surface area contributed by atoms with E-state index in [1.54, 1.807) is 30.3 Å². The lowest BCUT2D eigenvalue weighted by Gasteiger charge is -2.09. The molecule has 3 N–H and O–H groups in total. The zero-order valence-corrected chi connectivity index (χ0v) is 11.0. The molecule has 2 rings (SSSR count). The lowest BCUT2D eigenvalue weighted by Crippen LogP contribution is -2.35. The second-order valence-corrected chi connectivity index (χ2v) is 4.18. The molecule has 0 fully saturated rings. The lowest BCUT2D eigenvalue weighted by atomic mass is 10.2. The SMILES string of the molecule is C=CCn1c(O)c(C(=O)Nc2ccccc2)c(=O)[nH]c1=O. The van der Waals surface area contributed by atoms with E-state index in [4.69, 9.17) is 0 Å². The fourth-order valence-electron chi connectivity index (χ4n) is 1.78. The Kier molecular flexibility index (Phi) is 4.03. The molecule has 0 saturated carbocycles. The fraction of sp³-hybridized carbons (Fsp3) is 0.0714. The number of nitrogens with zero attached hydrogens (tertiary/aromatic N) is 1. The van der Waals surface area contributed by atoms with E-state index in [9.17, 15) is 19.5 Å². The van der Waals surface area contributed by atoms with Crippen LogP contribution in [0.3, 0.4) is 0 Å². The molecule has 0 spiro atoms. The number of amides is 1. The van der Waals surface area contributed by atoms with Gasteiger partial charge in [-0.15, -0.1) is 6.58 Å². The number of aromatic hydroxyl groups is 1. The first-order valence-corrected chi connectivity index (χ1v) is 6.08. The highest BCUT2D eigenvalue weighted by molar-refractivity contribution is 6.05. The first-order valence-electron chi connectivity index (χ1n) is 6.08. The average molecular weight is 287 g/mol. The van der Waals surface area contributed by atoms with Gasteiger partial charge in [0.15, 0.2) is 5.56 Å². The Bertz CT molecular complexity index is 790. The number of carbonyl (C=O) groups is 1. The van der Waals surface area contributed by atoms with Gasteiger partial charge < -0.3 is 10.4 Å². The third-order valence-corrected chi connectivity index (χ3v) is 2.74. The van der Waals surface area contributed by atoms with E-state index in [2.05, 4.69) is 11.9 Å². The summed E-state index contributed by atoms with van der Waals surface area (Å²) in [6, 6.07) is 8.44. The van der Waals surface area contributed by atoms with Gasteiger partial charge in [-0.2, -0.15) is 0 Å². The van der Waals surface area contributed by atoms with Gasteiger partial charge in [0.05, 0.1) is 0 Å². The van der Waals surface area contributed by atoms with Crippen molar-refractivity contribution >= 4 is 11.6 Å². The van der Waals surface area contributed by atoms with Gasteiger partial charge in [0.2, 0.25) is 5.88 Å². The van der Waals surface area contributed by atoms with Gasteiger partial charge in [0.1, 0.15) is 0 Å². The smallest absolute Gasteiger partial charge is 0.331 e. The molecular weight excluding hydrogens is 274 g/mol. The highest BCUT2D eigenvalue weighted by Crippen LogP contribution is 2.13. The second-order valence-electron chi connectivity index (χ2n) is 4.18. The monoisotopic (exact) mass is 287 g/mol. The van der Waals surface area contributed by atoms with Gasteiger partial charge in [-0.25, -0.2) is 4.79 Å². The number of aromatic amines is 1. The number of rotatable bonds is 4. The van der Waals surface area contributed by atoms with Crippen LogP contribution in [0.15, 0.2) is 52.6 Å². The van der Waals surface area contributed by atoms with E-state index in [0.29, 0.717) is 5.69 Å². The first-order chi connectivity index (χ1) is 10.0. The van der Waals surface area contributed by atoms with Crippen LogP contribution in [0.2, 0.25) is 0 Å². The van der Waals surface area contributed by atoms with E-state index in [1.165, 1.54) is 6.08 Å². The molecule has 1 heterocycles. The molecule has 0 aliphatic heterocycles. The maximum atomic E-state index is 12.1. The molecule has 0 aliphatic rings. The van der Waals surface area contributed by atoms with Gasteiger partial charge >= 0.3 is 5.69 Å². The Balaban J connectivity index is 2.46. The number of hydrogen-bond acceptors (Lipinski definition) is 4. The van der Waals surface area contributed by atoms with Crippen LogP contribution in [0.5, 0.6) is 5.88 Å². The average Bonchev–Trinajstić information content (AvgIpc) is 2.44. The van der Waals surface area contributed by atoms with E-state index in [-0.39, 0.29) is 6.54 Å². The quantitative estimate of drug-likeness (QED) is 0.719. The molecule has 108 valence electrons. The van der Waals surface area contributed by atoms with Crippen LogP contribution < -0.4 is 16.6 Å². The van der Waals surface area contributed by atoms with Crippen LogP contribution in [-0.2, 0) is 6.54 Å². The number of allylic oxidation sites excluding steroid dienone is 1. The Morgan fingerprint density at radius 2 is 2.00 bits per heavy atom. The van der Waals surface area contributed by atoms with E-state index < -0.39 is 28.6 Å². The van der Waals surface area contributed by atoms with Crippen molar-refractivity contribution in [3.8, 4) is 5.88 Å². The van der Waals surface area contributed by atoms with Gasteiger partial charge in [-0.3, -0.25) is 19.1 Å². The van der Waals surface area contributed by atoms with Crippen molar-refractivity contribution in [2.24, 2.45) is 0 Å². The van der Waals surface area contributed by atoms with Crippen molar-refractivity contribution in [1.82, 2.24) is 9.55 Å². The predicted octanol–water partition coefficient (Wildman–Crippen LogP) is 0.680. The maximum absolute atomic E-state index is 12.1. The number of H-pyrrole nitrogens is 1. The summed E-state index contributed by atoms with van der Waals surface area (Å²) >= 11 is 0. The molecule has 0 atom stereocenters. The third kappa shape index (κ3) is 2.92. The van der Waals surface area contributed by atoms with Crippen LogP contribution in [0, 0.1) is 0 Å². The fourth-order valence-corrected chi connectivity index (χ4v) is 1.78. The van der Waals surface area contributed by atoms with Gasteiger partial charge in [-0.1, -0.05) is 24.3 Å². The zero-order chi connectivity index (χ0) is 15.4. The number of hydrogen-bond donors (Lipinski definition) is 3. The Hall–Kier alpha value is -3.09. The van der Waals surface area contributed by atoms with Crippen molar-refractivity contribution in [1.29, 1.82) is 0 Å². The topological polar surface area (TPSA) is 104 Å². The summed E-state index contributed by atoms with van der Waals surface area (Å²) in [5.74, 6) is -1.50. The Morgan fingerprint density at radius 3 is 2.62 bits per heavy atom. The predicted molar refractivity (Wildman–Crippen MR) is 77.6 cm³/mol. The minimum Gasteiger partial charge on any atom is -0.494 e. The molecular formula is C14H13N3O4. The molecule has 0 aliphatic carbocycles. The number of aromatic nitrogens is 2. The molecule has 21 heavy (non-hydrogen) atoms. The molecule has 1 aromatic heterocycles. The van der Waals surface area contributed by atoms with Crippen molar-refractivity contribution in [3.63, 3.8) is 0 Å². The Labute approximate surface area is 119 Å². The first kappa shape index (κ1) is 14.3. The van der Waals surface area contributed by atoms with Gasteiger partial charge in [0.25, 0.3) is 11.5 Å². The lowest BCUT2D eigenvalue weighted by molar-refractivity contribution is 0.102. The largest absolute Gasteiger partial charge is 0.494 e. The summed E-state index contributed by atoms with van der Waals surface area (Å²) in [6.45, 7) is 3.40. The molecule has 0 saturated heterocycles. The van der Waals surface area contributed by atoms with Crippen LogP contribution in [0.25, 0.3) is 0 Å². The maximum Gasteiger partial charge on any atom is 0.331 e. The molecule has 1 aromatic carbocycles. The number of anilines is 1. The van der Waals surface area contributed by atoms with Crippen molar-refractivity contribution in [2.45, 2.75) is 6.54 Å². The normalized spacial score (nSPS) is 10.1. The summed E-state index contributed by atoms with van der Waals surface area (Å²) in [7, 11) is 0. The summed E-state index contributed by atoms with van der Waals surface area (Å²) in [4.78, 5) is 37.4. The van der Waals surface area contributed by atoms with E-state index >= 15 is 0 Å². The third-order valence-electron chi connectivity index (χ3n) is 2.74. The second kappa shape index (κ2) is 5.91. The molecule has 2 aromatic rings. The van der Waals surface area contributed by atoms with Crippen molar-refractivity contribution in [2.75, 3.05) is 5.32 Å². The molecule has 1 amide bonds. The van der Waals surface area contributed by atoms with Crippen molar-refractivity contribution < 1.29 is 9.90 Å². The van der Waals surface area contributed by atoms with Crippen LogP contribution in [-0.4, -0.2) is 20.6 Å². The summed E-state index contributed by atoms with van der Waals surface area (Å²) in [5, 5.41) is 12.4. The Morgan fingerprint density at radius 1 is 1.33 bits per heavy atom. The zero-order valence-electron chi connectivity index (χ0n) is 11.0. The molecule has 0 radical (unpaired) electrons. The van der Waals surface area contributed by atoms with Gasteiger partial charge in [0, 0.05) is 12.2 Å². The van der Waals surface area contributed by atoms with E-state index in [0.717, 1.165) is 4.57 Å². The number of benzene rings is 1. The summed E-state index contributed by atoms with van der Waals surface area (Å²) in [6.07, 6.45) is 1.36. The highest BCUT2D eigenvalue weighted by Gasteiger charge is 2.20. The number of nitrogens with one attached hydrogen (secondary N) is 2. The number of para-hydroxylation sites is 1. The molecule has 0 unspecified atom stereocenters. The van der Waals surface area contributed by atoms with Crippen LogP contribution >= 0.6 is 0 Å². The van der Waals surface area contributed by atoms with Gasteiger partial charge in [-0.05, 0) is 12.1 Å². The molecule has 7 heteroatoms. The van der Waals surface area contributed by atoms with Crippen molar-refractivity contribution in [3.05, 3.63) is 69.4 Å². The molecule has 0 bridgehead atoms.